The predicted molar refractivity (Wildman–Crippen MR) is 78.7 cm³/mol. The van der Waals surface area contributed by atoms with Crippen LogP contribution in [0.1, 0.15) is 25.6 Å². The van der Waals surface area contributed by atoms with Gasteiger partial charge in [0.1, 0.15) is 12.6 Å². The van der Waals surface area contributed by atoms with E-state index >= 15 is 0 Å². The molecule has 110 valence electrons. The first-order valence-corrected chi connectivity index (χ1v) is 6.66. The van der Waals surface area contributed by atoms with Gasteiger partial charge >= 0.3 is 5.97 Å². The molecule has 4 nitrogen and oxygen atoms in total. The van der Waals surface area contributed by atoms with Crippen LogP contribution in [0.25, 0.3) is 0 Å². The number of hydrogen-bond acceptors (Lipinski definition) is 3. The molecule has 0 aliphatic heterocycles. The van der Waals surface area contributed by atoms with Crippen molar-refractivity contribution in [1.29, 1.82) is 0 Å². The first-order valence-electron chi connectivity index (χ1n) is 6.66. The summed E-state index contributed by atoms with van der Waals surface area (Å²) in [7, 11) is 3.85. The van der Waals surface area contributed by atoms with Gasteiger partial charge in [0.15, 0.2) is 0 Å². The molecule has 0 saturated carbocycles. The van der Waals surface area contributed by atoms with Crippen molar-refractivity contribution in [2.45, 2.75) is 26.2 Å². The number of carbonyl (C=O) groups is 1. The average molecular weight is 278 g/mol. The number of carbonyl (C=O) groups excluding carboxylic acids is 1. The minimum absolute atomic E-state index is 0.348. The molecule has 1 rings (SSSR count). The number of esters is 1. The minimum atomic E-state index is -0.486. The van der Waals surface area contributed by atoms with Gasteiger partial charge in [0, 0.05) is 5.57 Å². The first-order chi connectivity index (χ1) is 9.24. The van der Waals surface area contributed by atoms with Gasteiger partial charge < -0.3 is 9.84 Å². The molecule has 2 atom stereocenters. The second kappa shape index (κ2) is 6.68. The molecule has 2 unspecified atom stereocenters. The maximum atomic E-state index is 11.9. The molecule has 0 fully saturated rings. The molecule has 1 aromatic rings. The quantitative estimate of drug-likeness (QED) is 0.376. The Labute approximate surface area is 120 Å². The normalized spacial score (nSPS) is 14.4. The summed E-state index contributed by atoms with van der Waals surface area (Å²) in [6.07, 6.45) is -0.963. The summed E-state index contributed by atoms with van der Waals surface area (Å²) in [5.41, 5.74) is 1.26. The van der Waals surface area contributed by atoms with Crippen molar-refractivity contribution in [3.05, 3.63) is 48.0 Å². The average Bonchev–Trinajstić information content (AvgIpc) is 2.34. The van der Waals surface area contributed by atoms with Crippen LogP contribution >= 0.6 is 0 Å². The molecule has 0 spiro atoms. The van der Waals surface area contributed by atoms with Gasteiger partial charge in [-0.1, -0.05) is 24.8 Å². The van der Waals surface area contributed by atoms with Crippen molar-refractivity contribution in [3.8, 4) is 0 Å². The minimum Gasteiger partial charge on any atom is -0.404 e. The number of quaternary nitrogens is 1. The van der Waals surface area contributed by atoms with Gasteiger partial charge in [0.25, 0.3) is 6.23 Å². The van der Waals surface area contributed by atoms with Crippen molar-refractivity contribution in [2.75, 3.05) is 20.6 Å². The van der Waals surface area contributed by atoms with Crippen LogP contribution in [0.2, 0.25) is 0 Å². The first kappa shape index (κ1) is 16.4. The van der Waals surface area contributed by atoms with E-state index in [4.69, 9.17) is 4.74 Å². The van der Waals surface area contributed by atoms with Crippen LogP contribution in [0.4, 0.5) is 0 Å². The highest BCUT2D eigenvalue weighted by Gasteiger charge is 2.34. The zero-order valence-electron chi connectivity index (χ0n) is 12.7. The molecule has 0 bridgehead atoms. The van der Waals surface area contributed by atoms with E-state index in [-0.39, 0.29) is 0 Å². The number of aliphatic hydroxyl groups excluding tert-OH is 1. The van der Waals surface area contributed by atoms with Crippen LogP contribution in [-0.2, 0) is 9.53 Å². The molecule has 1 N–H and O–H groups in total. The fourth-order valence-electron chi connectivity index (χ4n) is 2.21. The molecule has 0 saturated heterocycles. The molecule has 0 aromatic heterocycles. The smallest absolute Gasteiger partial charge is 0.337 e. The number of hydrogen-bond donors (Lipinski definition) is 1. The Bertz CT molecular complexity index is 466. The van der Waals surface area contributed by atoms with Gasteiger partial charge in [-0.2, -0.15) is 0 Å². The van der Waals surface area contributed by atoms with Crippen molar-refractivity contribution in [3.63, 3.8) is 0 Å². The molecule has 0 aliphatic carbocycles. The van der Waals surface area contributed by atoms with Gasteiger partial charge in [-0.25, -0.2) is 4.79 Å². The predicted octanol–water partition coefficient (Wildman–Crippen LogP) is 2.26. The molecule has 4 heteroatoms. The third kappa shape index (κ3) is 4.47. The standard InChI is InChI=1S/C16H24NO3/c1-12(2)16(19)20-15(14-9-7-6-8-10-14)17(4,5)11-13(3)18/h6-10,13,15,18H,1,11H2,2-5H3/q+1. The molecule has 0 aliphatic rings. The molecular weight excluding hydrogens is 254 g/mol. The zero-order valence-corrected chi connectivity index (χ0v) is 12.7. The van der Waals surface area contributed by atoms with Crippen molar-refractivity contribution in [2.24, 2.45) is 0 Å². The Morgan fingerprint density at radius 2 is 1.90 bits per heavy atom. The van der Waals surface area contributed by atoms with E-state index in [1.54, 1.807) is 13.8 Å². The van der Waals surface area contributed by atoms with E-state index in [0.717, 1.165) is 5.56 Å². The van der Waals surface area contributed by atoms with Crippen molar-refractivity contribution in [1.82, 2.24) is 0 Å². The number of ether oxygens (including phenoxy) is 1. The topological polar surface area (TPSA) is 46.5 Å². The zero-order chi connectivity index (χ0) is 15.3. The number of aliphatic hydroxyl groups is 1. The van der Waals surface area contributed by atoms with E-state index < -0.39 is 18.3 Å². The summed E-state index contributed by atoms with van der Waals surface area (Å²) in [5, 5.41) is 9.65. The lowest BCUT2D eigenvalue weighted by atomic mass is 10.1. The highest BCUT2D eigenvalue weighted by atomic mass is 16.6. The highest BCUT2D eigenvalue weighted by molar-refractivity contribution is 5.87. The second-order valence-corrected chi connectivity index (χ2v) is 5.76. The van der Waals surface area contributed by atoms with Crippen LogP contribution < -0.4 is 0 Å². The fraction of sp³-hybridized carbons (Fsp3) is 0.438. The van der Waals surface area contributed by atoms with E-state index in [9.17, 15) is 9.90 Å². The number of rotatable bonds is 6. The van der Waals surface area contributed by atoms with Crippen LogP contribution in [0.3, 0.4) is 0 Å². The summed E-state index contributed by atoms with van der Waals surface area (Å²) < 4.78 is 5.93. The Morgan fingerprint density at radius 3 is 2.35 bits per heavy atom. The van der Waals surface area contributed by atoms with Crippen LogP contribution in [-0.4, -0.2) is 42.3 Å². The van der Waals surface area contributed by atoms with Crippen LogP contribution in [0.5, 0.6) is 0 Å². The Morgan fingerprint density at radius 1 is 1.35 bits per heavy atom. The van der Waals surface area contributed by atoms with Gasteiger partial charge in [0.05, 0.1) is 19.7 Å². The lowest BCUT2D eigenvalue weighted by Crippen LogP contribution is -2.49. The van der Waals surface area contributed by atoms with Gasteiger partial charge in [0.2, 0.25) is 0 Å². The number of benzene rings is 1. The molecule has 20 heavy (non-hydrogen) atoms. The second-order valence-electron chi connectivity index (χ2n) is 5.76. The molecule has 0 radical (unpaired) electrons. The number of nitrogens with zero attached hydrogens (tertiary/aromatic N) is 1. The summed E-state index contributed by atoms with van der Waals surface area (Å²) in [4.78, 5) is 11.9. The Kier molecular flexibility index (Phi) is 5.48. The van der Waals surface area contributed by atoms with Crippen molar-refractivity contribution >= 4 is 5.97 Å². The van der Waals surface area contributed by atoms with E-state index in [1.165, 1.54) is 0 Å². The van der Waals surface area contributed by atoms with Crippen molar-refractivity contribution < 1.29 is 19.1 Å². The van der Waals surface area contributed by atoms with E-state index in [0.29, 0.717) is 16.6 Å². The van der Waals surface area contributed by atoms with Gasteiger partial charge in [-0.15, -0.1) is 0 Å². The van der Waals surface area contributed by atoms with Crippen LogP contribution in [0.15, 0.2) is 42.5 Å². The third-order valence-corrected chi connectivity index (χ3v) is 3.02. The molecule has 0 amide bonds. The summed E-state index contributed by atoms with van der Waals surface area (Å²) in [6, 6.07) is 9.55. The third-order valence-electron chi connectivity index (χ3n) is 3.02. The Hall–Kier alpha value is -1.65. The van der Waals surface area contributed by atoms with E-state index in [2.05, 4.69) is 6.58 Å². The Balaban J connectivity index is 3.07. The maximum absolute atomic E-state index is 11.9. The summed E-state index contributed by atoms with van der Waals surface area (Å²) in [6.45, 7) is 7.44. The molecule has 1 aromatic carbocycles. The lowest BCUT2D eigenvalue weighted by molar-refractivity contribution is -0.944. The molecular formula is C16H24NO3+. The summed E-state index contributed by atoms with van der Waals surface area (Å²) in [5.74, 6) is -0.421. The highest BCUT2D eigenvalue weighted by Crippen LogP contribution is 2.27. The number of likely N-dealkylation sites (N-methyl/N-ethyl adjacent to an activating group) is 1. The largest absolute Gasteiger partial charge is 0.404 e. The lowest BCUT2D eigenvalue weighted by Gasteiger charge is -2.37. The van der Waals surface area contributed by atoms with Crippen LogP contribution in [0, 0.1) is 0 Å². The maximum Gasteiger partial charge on any atom is 0.337 e. The SMILES string of the molecule is C=C(C)C(=O)OC(c1ccccc1)[N+](C)(C)CC(C)O. The van der Waals surface area contributed by atoms with Gasteiger partial charge in [-0.05, 0) is 26.0 Å². The van der Waals surface area contributed by atoms with E-state index in [1.807, 2.05) is 44.4 Å². The summed E-state index contributed by atoms with van der Waals surface area (Å²) >= 11 is 0. The molecule has 0 heterocycles. The fourth-order valence-corrected chi connectivity index (χ4v) is 2.21. The monoisotopic (exact) mass is 278 g/mol. The van der Waals surface area contributed by atoms with Gasteiger partial charge in [-0.3, -0.25) is 4.48 Å².